The maximum Gasteiger partial charge on any atom is 0.306 e. The molecule has 80 heavy (non-hydrogen) atoms. The first-order valence-corrected chi connectivity index (χ1v) is 33.9. The van der Waals surface area contributed by atoms with Crippen LogP contribution >= 0.6 is 0 Å². The number of ether oxygens (including phenoxy) is 3. The van der Waals surface area contributed by atoms with Crippen LogP contribution in [0.15, 0.2) is 109 Å². The standard InChI is InChI=1S/C74H126O6/c1-4-7-10-13-16-19-22-25-28-30-32-33-34-35-36-37-38-39-40-41-42-44-46-49-52-55-58-61-64-67-73(76)79-70-71(69-78-72(75)66-63-60-57-54-51-48-45-27-24-21-18-15-12-9-6-3)80-74(77)68-65-62-59-56-53-50-47-43-31-29-26-23-20-17-14-11-8-5-2/h7,9-10,12,16,18-19,21,25,27-28,32-33,35-36,45,51,54,71H,4-6,8,11,13-15,17,20,22-24,26,29-31,34,37-44,46-50,52-53,55-70H2,1-3H3/b10-7-,12-9-,19-16-,21-18-,28-25-,33-32-,36-35-,45-27-,54-51-. The highest BCUT2D eigenvalue weighted by atomic mass is 16.6. The summed E-state index contributed by atoms with van der Waals surface area (Å²) in [6, 6.07) is 0. The van der Waals surface area contributed by atoms with Crippen molar-refractivity contribution in [2.24, 2.45) is 0 Å². The van der Waals surface area contributed by atoms with Gasteiger partial charge in [-0.15, -0.1) is 0 Å². The van der Waals surface area contributed by atoms with E-state index < -0.39 is 6.10 Å². The van der Waals surface area contributed by atoms with Gasteiger partial charge >= 0.3 is 17.9 Å². The van der Waals surface area contributed by atoms with Gasteiger partial charge in [-0.2, -0.15) is 0 Å². The van der Waals surface area contributed by atoms with Crippen LogP contribution in [0.3, 0.4) is 0 Å². The number of carbonyl (C=O) groups excluding carboxylic acids is 3. The fourth-order valence-electron chi connectivity index (χ4n) is 9.52. The van der Waals surface area contributed by atoms with Crippen LogP contribution in [0.2, 0.25) is 0 Å². The summed E-state index contributed by atoms with van der Waals surface area (Å²) in [7, 11) is 0. The minimum absolute atomic E-state index is 0.0894. The number of unbranched alkanes of at least 4 members (excludes halogenated alkanes) is 32. The van der Waals surface area contributed by atoms with Crippen LogP contribution in [0.1, 0.15) is 323 Å². The summed E-state index contributed by atoms with van der Waals surface area (Å²) in [5.41, 5.74) is 0. The Balaban J connectivity index is 4.31. The van der Waals surface area contributed by atoms with E-state index >= 15 is 0 Å². The highest BCUT2D eigenvalue weighted by molar-refractivity contribution is 5.71. The lowest BCUT2D eigenvalue weighted by Gasteiger charge is -2.18. The minimum atomic E-state index is -0.796. The van der Waals surface area contributed by atoms with Crippen LogP contribution in [0.25, 0.3) is 0 Å². The van der Waals surface area contributed by atoms with Crippen LogP contribution in [-0.2, 0) is 28.6 Å². The summed E-state index contributed by atoms with van der Waals surface area (Å²) in [6.45, 7) is 6.41. The highest BCUT2D eigenvalue weighted by Crippen LogP contribution is 2.17. The number of carbonyl (C=O) groups is 3. The molecule has 6 heteroatoms. The summed E-state index contributed by atoms with van der Waals surface area (Å²) in [5.74, 6) is -0.920. The number of esters is 3. The monoisotopic (exact) mass is 1110 g/mol. The maximum absolute atomic E-state index is 12.9. The van der Waals surface area contributed by atoms with E-state index in [0.717, 1.165) is 116 Å². The third kappa shape index (κ3) is 64.9. The van der Waals surface area contributed by atoms with Crippen LogP contribution in [0.5, 0.6) is 0 Å². The predicted octanol–water partition coefficient (Wildman–Crippen LogP) is 23.4. The van der Waals surface area contributed by atoms with Crippen LogP contribution in [-0.4, -0.2) is 37.2 Å². The molecule has 0 bridgehead atoms. The molecule has 0 amide bonds. The van der Waals surface area contributed by atoms with Gasteiger partial charge in [0.25, 0.3) is 0 Å². The molecule has 0 fully saturated rings. The van der Waals surface area contributed by atoms with Gasteiger partial charge < -0.3 is 14.2 Å². The van der Waals surface area contributed by atoms with E-state index in [0.29, 0.717) is 19.3 Å². The topological polar surface area (TPSA) is 78.9 Å². The highest BCUT2D eigenvalue weighted by Gasteiger charge is 2.19. The van der Waals surface area contributed by atoms with Gasteiger partial charge in [-0.3, -0.25) is 14.4 Å². The SMILES string of the molecule is CC/C=C\C/C=C\C/C=C\C/C=C\C/C=C\CCCCCCCCCCCCCCCC(=O)OCC(COC(=O)CCCC/C=C\C/C=C\C/C=C\C/C=C\CC)OC(=O)CCCCCCCCCCCCCCCCCCCC. The molecule has 0 saturated carbocycles. The van der Waals surface area contributed by atoms with Crippen molar-refractivity contribution in [3.8, 4) is 0 Å². The normalized spacial score (nSPS) is 12.8. The van der Waals surface area contributed by atoms with Gasteiger partial charge in [-0.05, 0) is 103 Å². The Labute approximate surface area is 495 Å². The predicted molar refractivity (Wildman–Crippen MR) is 348 cm³/mol. The molecule has 0 aliphatic rings. The Morgan fingerprint density at radius 3 is 0.787 bits per heavy atom. The summed E-state index contributed by atoms with van der Waals surface area (Å²) in [5, 5.41) is 0. The fourth-order valence-corrected chi connectivity index (χ4v) is 9.52. The number of rotatable bonds is 61. The zero-order chi connectivity index (χ0) is 57.8. The second-order valence-corrected chi connectivity index (χ2v) is 22.3. The van der Waals surface area contributed by atoms with Gasteiger partial charge in [-0.1, -0.05) is 310 Å². The quantitative estimate of drug-likeness (QED) is 0.0261. The second kappa shape index (κ2) is 67.6. The lowest BCUT2D eigenvalue weighted by molar-refractivity contribution is -0.167. The van der Waals surface area contributed by atoms with Crippen molar-refractivity contribution in [1.82, 2.24) is 0 Å². The van der Waals surface area contributed by atoms with Crippen LogP contribution < -0.4 is 0 Å². The number of hydrogen-bond donors (Lipinski definition) is 0. The Kier molecular flexibility index (Phi) is 64.3. The third-order valence-corrected chi connectivity index (χ3v) is 14.5. The Hall–Kier alpha value is -3.93. The second-order valence-electron chi connectivity index (χ2n) is 22.3. The Morgan fingerprint density at radius 2 is 0.487 bits per heavy atom. The smallest absolute Gasteiger partial charge is 0.306 e. The molecule has 458 valence electrons. The molecule has 0 heterocycles. The fraction of sp³-hybridized carbons (Fsp3) is 0.716. The zero-order valence-corrected chi connectivity index (χ0v) is 52.6. The molecule has 0 aromatic carbocycles. The molecule has 0 aromatic heterocycles. The van der Waals surface area contributed by atoms with Crippen molar-refractivity contribution < 1.29 is 28.6 Å². The lowest BCUT2D eigenvalue weighted by Crippen LogP contribution is -2.30. The summed E-state index contributed by atoms with van der Waals surface area (Å²) in [4.78, 5) is 38.4. The van der Waals surface area contributed by atoms with Gasteiger partial charge in [-0.25, -0.2) is 0 Å². The van der Waals surface area contributed by atoms with Gasteiger partial charge in [0.05, 0.1) is 0 Å². The van der Waals surface area contributed by atoms with E-state index in [-0.39, 0.29) is 31.1 Å². The lowest BCUT2D eigenvalue weighted by atomic mass is 10.0. The summed E-state index contributed by atoms with van der Waals surface area (Å²) < 4.78 is 16.9. The molecule has 0 radical (unpaired) electrons. The van der Waals surface area contributed by atoms with Crippen molar-refractivity contribution in [1.29, 1.82) is 0 Å². The maximum atomic E-state index is 12.9. The van der Waals surface area contributed by atoms with Crippen molar-refractivity contribution in [3.05, 3.63) is 109 Å². The third-order valence-electron chi connectivity index (χ3n) is 14.5. The van der Waals surface area contributed by atoms with E-state index in [1.165, 1.54) is 167 Å². The zero-order valence-electron chi connectivity index (χ0n) is 52.6. The molecular formula is C74H126O6. The molecule has 0 aromatic rings. The molecule has 1 unspecified atom stereocenters. The van der Waals surface area contributed by atoms with Crippen LogP contribution in [0, 0.1) is 0 Å². The molecule has 0 spiro atoms. The van der Waals surface area contributed by atoms with Crippen molar-refractivity contribution in [2.45, 2.75) is 329 Å². The van der Waals surface area contributed by atoms with Gasteiger partial charge in [0.2, 0.25) is 0 Å². The van der Waals surface area contributed by atoms with E-state index in [1.807, 2.05) is 0 Å². The first-order chi connectivity index (χ1) is 39.5. The summed E-state index contributed by atoms with van der Waals surface area (Å²) >= 11 is 0. The molecule has 0 N–H and O–H groups in total. The molecule has 0 aliphatic carbocycles. The molecule has 0 rings (SSSR count). The average molecular weight is 1110 g/mol. The van der Waals surface area contributed by atoms with Crippen molar-refractivity contribution in [3.63, 3.8) is 0 Å². The largest absolute Gasteiger partial charge is 0.462 e. The number of allylic oxidation sites excluding steroid dienone is 18. The van der Waals surface area contributed by atoms with E-state index in [4.69, 9.17) is 14.2 Å². The minimum Gasteiger partial charge on any atom is -0.462 e. The van der Waals surface area contributed by atoms with Crippen molar-refractivity contribution >= 4 is 17.9 Å². The molecule has 6 nitrogen and oxygen atoms in total. The molecule has 0 saturated heterocycles. The van der Waals surface area contributed by atoms with E-state index in [2.05, 4.69) is 130 Å². The van der Waals surface area contributed by atoms with Crippen molar-refractivity contribution in [2.75, 3.05) is 13.2 Å². The summed E-state index contributed by atoms with van der Waals surface area (Å²) in [6.07, 6.45) is 92.5. The van der Waals surface area contributed by atoms with Gasteiger partial charge in [0.15, 0.2) is 6.10 Å². The van der Waals surface area contributed by atoms with Gasteiger partial charge in [0.1, 0.15) is 13.2 Å². The van der Waals surface area contributed by atoms with Gasteiger partial charge in [0, 0.05) is 19.3 Å². The molecular weight excluding hydrogens is 985 g/mol. The molecule has 0 aliphatic heterocycles. The number of hydrogen-bond acceptors (Lipinski definition) is 6. The van der Waals surface area contributed by atoms with E-state index in [1.54, 1.807) is 0 Å². The first-order valence-electron chi connectivity index (χ1n) is 33.9. The van der Waals surface area contributed by atoms with E-state index in [9.17, 15) is 14.4 Å². The van der Waals surface area contributed by atoms with Crippen LogP contribution in [0.4, 0.5) is 0 Å². The average Bonchev–Trinajstić information content (AvgIpc) is 3.46. The Bertz CT molecular complexity index is 1610. The first kappa shape index (κ1) is 76.1. The Morgan fingerprint density at radius 1 is 0.263 bits per heavy atom. The molecule has 1 atom stereocenters.